The van der Waals surface area contributed by atoms with E-state index in [2.05, 4.69) is 42.1 Å². The molecule has 0 aromatic carbocycles. The van der Waals surface area contributed by atoms with E-state index in [9.17, 15) is 55.5 Å². The van der Waals surface area contributed by atoms with Crippen molar-refractivity contribution in [2.45, 2.75) is 160 Å². The highest BCUT2D eigenvalue weighted by atomic mass is 16.7. The summed E-state index contributed by atoms with van der Waals surface area (Å²) in [6.45, 7) is 9.49. The molecule has 7 aliphatic rings. The first-order valence-corrected chi connectivity index (χ1v) is 24.6. The number of nitrogens with two attached hydrogens (primary N) is 1. The molecule has 66 heavy (non-hydrogen) atoms. The van der Waals surface area contributed by atoms with Crippen LogP contribution in [-0.2, 0) is 19.1 Å². The monoisotopic (exact) mass is 931 g/mol. The summed E-state index contributed by atoms with van der Waals surface area (Å²) >= 11 is 0. The number of amides is 1. The Labute approximate surface area is 388 Å². The molecule has 5 aliphatic carbocycles. The largest absolute Gasteiger partial charge is 0.481 e. The second-order valence-electron chi connectivity index (χ2n) is 23.1. The molecule has 3 heterocycles. The fraction of sp³-hybridized carbons (Fsp3) is 0.857. The van der Waals surface area contributed by atoms with Crippen molar-refractivity contribution in [3.8, 4) is 0 Å². The SMILES string of the molecule is C[C@]1(CO)CC[C@]2(C(=O)O)CC[C@]3(C)C(=CC[C@@H]4[C@]5(C)[C@H](CC[C@]43C)[C@](C)([C@H](O)CO)[C@H](O[C@@H]3OC[C@@H](O)[C@H](O)[C@H]3O)[C@H](O)[C@H]5C[C@@H]3[C@@H]([C@H](CCCN)c4cnc[nH]4)NC(=O)[C@H]3CO)[C@@H]2C1. The molecule has 13 N–H and O–H groups in total. The molecule has 0 bridgehead atoms. The maximum Gasteiger partial charge on any atom is 0.310 e. The van der Waals surface area contributed by atoms with Crippen LogP contribution >= 0.6 is 0 Å². The van der Waals surface area contributed by atoms with Gasteiger partial charge in [0.1, 0.15) is 18.3 Å². The molecule has 2 saturated heterocycles. The lowest BCUT2D eigenvalue weighted by Gasteiger charge is -2.74. The Morgan fingerprint density at radius 3 is 2.36 bits per heavy atom. The molecule has 372 valence electrons. The van der Waals surface area contributed by atoms with Crippen molar-refractivity contribution >= 4 is 11.9 Å². The Morgan fingerprint density at radius 2 is 1.73 bits per heavy atom. The van der Waals surface area contributed by atoms with Crippen molar-refractivity contribution in [3.63, 3.8) is 0 Å². The smallest absolute Gasteiger partial charge is 0.310 e. The number of fused-ring (bicyclic) bond motifs is 7. The molecule has 17 heteroatoms. The Kier molecular flexibility index (Phi) is 13.6. The minimum atomic E-state index is -1.71. The maximum absolute atomic E-state index is 14.0. The van der Waals surface area contributed by atoms with Gasteiger partial charge >= 0.3 is 5.97 Å². The van der Waals surface area contributed by atoms with Crippen molar-refractivity contribution in [2.24, 2.45) is 73.7 Å². The first-order chi connectivity index (χ1) is 31.2. The van der Waals surface area contributed by atoms with Gasteiger partial charge in [-0.05, 0) is 128 Å². The minimum absolute atomic E-state index is 0.0400. The highest BCUT2D eigenvalue weighted by Crippen LogP contribution is 2.77. The van der Waals surface area contributed by atoms with Crippen molar-refractivity contribution < 1.29 is 65.0 Å². The van der Waals surface area contributed by atoms with Crippen molar-refractivity contribution in [1.82, 2.24) is 15.3 Å². The molecular formula is C49H78N4O13. The average Bonchev–Trinajstić information content (AvgIpc) is 3.94. The Bertz CT molecular complexity index is 1960. The van der Waals surface area contributed by atoms with Crippen LogP contribution in [0.4, 0.5) is 0 Å². The molecule has 17 nitrogen and oxygen atoms in total. The number of aromatic nitrogens is 2. The third-order valence-electron chi connectivity index (χ3n) is 20.4. The number of allylic oxidation sites excluding steroid dienone is 2. The van der Waals surface area contributed by atoms with Gasteiger partial charge in [-0.1, -0.05) is 46.3 Å². The number of carboxylic acid groups (broad SMARTS) is 1. The van der Waals surface area contributed by atoms with E-state index < -0.39 is 124 Å². The maximum atomic E-state index is 14.0. The van der Waals surface area contributed by atoms with Gasteiger partial charge in [0.25, 0.3) is 0 Å². The molecule has 21 atom stereocenters. The van der Waals surface area contributed by atoms with Gasteiger partial charge in [-0.3, -0.25) is 9.59 Å². The van der Waals surface area contributed by atoms with E-state index in [1.165, 1.54) is 0 Å². The topological polar surface area (TPSA) is 301 Å². The quantitative estimate of drug-likeness (QED) is 0.0931. The number of aliphatic carboxylic acids is 1. The lowest BCUT2D eigenvalue weighted by molar-refractivity contribution is -0.348. The second kappa shape index (κ2) is 18.0. The van der Waals surface area contributed by atoms with Gasteiger partial charge in [0.2, 0.25) is 5.91 Å². The predicted octanol–water partition coefficient (Wildman–Crippen LogP) is 1.56. The van der Waals surface area contributed by atoms with Crippen molar-refractivity contribution in [2.75, 3.05) is 33.0 Å². The molecule has 0 unspecified atom stereocenters. The highest BCUT2D eigenvalue weighted by Gasteiger charge is 2.74. The molecule has 1 amide bonds. The van der Waals surface area contributed by atoms with E-state index in [-0.39, 0.29) is 43.3 Å². The number of imidazole rings is 1. The molecule has 0 radical (unpaired) electrons. The zero-order chi connectivity index (χ0) is 47.9. The van der Waals surface area contributed by atoms with Crippen LogP contribution in [0.2, 0.25) is 0 Å². The van der Waals surface area contributed by atoms with Crippen molar-refractivity contribution in [3.05, 3.63) is 29.9 Å². The summed E-state index contributed by atoms with van der Waals surface area (Å²) in [6, 6.07) is -0.508. The fourth-order valence-corrected chi connectivity index (χ4v) is 16.3. The van der Waals surface area contributed by atoms with E-state index in [1.54, 1.807) is 19.4 Å². The number of aliphatic hydroxyl groups excluding tert-OH is 8. The standard InChI is InChI=1S/C49H78N4O13/c1-44(23-56)12-14-49(43(63)64)15-13-45(2)28(30(49)18-44)8-9-33-46(45,3)11-10-34-47(33,4)29(17-26-27(20-54)41(62)53-36(26)25(7-6-16-50)31-19-51-24-52-31)37(59)40(48(34,5)35(58)21-55)66-42-39(61)38(60)32(57)22-65-42/h8,19,24-27,29-30,32-40,42,54-61H,6-7,9-18,20-23,50H2,1-5H3,(H,51,52)(H,53,62)(H,63,64)/t25-,26+,27+,29-,30+,32-,33+,34+,35-,36-,37-,38+,39-,40-,42+,44+,45-,46-,47-,48-,49+/m1/s1. The Balaban J connectivity index is 1.29. The number of nitrogens with zero attached hydrogens (tertiary/aromatic N) is 1. The van der Waals surface area contributed by atoms with Crippen LogP contribution in [0.5, 0.6) is 0 Å². The number of H-pyrrole nitrogens is 1. The summed E-state index contributed by atoms with van der Waals surface area (Å²) in [4.78, 5) is 35.0. The zero-order valence-electron chi connectivity index (χ0n) is 39.4. The molecule has 4 saturated carbocycles. The van der Waals surface area contributed by atoms with Crippen LogP contribution in [0, 0.1) is 68.0 Å². The third-order valence-corrected chi connectivity index (χ3v) is 20.4. The summed E-state index contributed by atoms with van der Waals surface area (Å²) in [5.41, 5.74) is 3.32. The van der Waals surface area contributed by atoms with Crippen LogP contribution < -0.4 is 11.1 Å². The zero-order valence-corrected chi connectivity index (χ0v) is 39.4. The molecular weight excluding hydrogens is 853 g/mol. The van der Waals surface area contributed by atoms with E-state index in [0.29, 0.717) is 70.8 Å². The minimum Gasteiger partial charge on any atom is -0.481 e. The summed E-state index contributed by atoms with van der Waals surface area (Å²) < 4.78 is 12.4. The van der Waals surface area contributed by atoms with Crippen LogP contribution in [0.15, 0.2) is 24.2 Å². The fourth-order valence-electron chi connectivity index (χ4n) is 16.3. The third kappa shape index (κ3) is 7.29. The van der Waals surface area contributed by atoms with Crippen molar-refractivity contribution in [1.29, 1.82) is 0 Å². The predicted molar refractivity (Wildman–Crippen MR) is 239 cm³/mol. The first-order valence-electron chi connectivity index (χ1n) is 24.6. The van der Waals surface area contributed by atoms with Gasteiger partial charge in [0, 0.05) is 35.9 Å². The average molecular weight is 931 g/mol. The summed E-state index contributed by atoms with van der Waals surface area (Å²) in [5.74, 6) is -4.41. The first kappa shape index (κ1) is 49.9. The van der Waals surface area contributed by atoms with E-state index in [4.69, 9.17) is 15.2 Å². The number of carbonyl (C=O) groups excluding carboxylic acids is 1. The van der Waals surface area contributed by atoms with E-state index in [1.807, 2.05) is 6.92 Å². The number of carboxylic acids is 1. The van der Waals surface area contributed by atoms with Gasteiger partial charge in [-0.15, -0.1) is 0 Å². The number of nitrogens with one attached hydrogen (secondary N) is 2. The van der Waals surface area contributed by atoms with Crippen LogP contribution in [0.1, 0.15) is 117 Å². The molecule has 2 aliphatic heterocycles. The number of aromatic amines is 1. The summed E-state index contributed by atoms with van der Waals surface area (Å²) in [6.07, 6.45) is 1.04. The lowest BCUT2D eigenvalue weighted by atomic mass is 9.31. The van der Waals surface area contributed by atoms with Crippen LogP contribution in [0.25, 0.3) is 0 Å². The number of aliphatic hydroxyl groups is 8. The van der Waals surface area contributed by atoms with Gasteiger partial charge in [-0.25, -0.2) is 4.98 Å². The summed E-state index contributed by atoms with van der Waals surface area (Å²) in [7, 11) is 0. The number of ether oxygens (including phenoxy) is 2. The number of carbonyl (C=O) groups is 2. The van der Waals surface area contributed by atoms with Crippen LogP contribution in [-0.4, -0.2) is 150 Å². The molecule has 1 aromatic rings. The molecule has 1 aromatic heterocycles. The highest BCUT2D eigenvalue weighted by molar-refractivity contribution is 5.82. The number of hydrogen-bond acceptors (Lipinski definition) is 14. The Hall–Kier alpha value is -2.55. The number of hydrogen-bond donors (Lipinski definition) is 12. The lowest BCUT2D eigenvalue weighted by Crippen LogP contribution is -2.74. The van der Waals surface area contributed by atoms with Gasteiger partial charge in [0.15, 0.2) is 6.29 Å². The normalized spacial score (nSPS) is 48.8. The Morgan fingerprint density at radius 1 is 1.00 bits per heavy atom. The van der Waals surface area contributed by atoms with E-state index in [0.717, 1.165) is 11.3 Å². The number of rotatable bonds is 14. The van der Waals surface area contributed by atoms with Crippen LogP contribution in [0.3, 0.4) is 0 Å². The molecule has 8 rings (SSSR count). The van der Waals surface area contributed by atoms with Gasteiger partial charge in [-0.2, -0.15) is 0 Å². The van der Waals surface area contributed by atoms with E-state index >= 15 is 0 Å². The van der Waals surface area contributed by atoms with Gasteiger partial charge < -0.3 is 71.5 Å². The van der Waals surface area contributed by atoms with Gasteiger partial charge in [0.05, 0.1) is 55.8 Å². The second-order valence-corrected chi connectivity index (χ2v) is 23.1. The molecule has 0 spiro atoms. The molecule has 6 fully saturated rings. The summed E-state index contributed by atoms with van der Waals surface area (Å²) in [5, 5.41) is 105.